The molecule has 3 fully saturated rings. The maximum absolute atomic E-state index is 12.0. The van der Waals surface area contributed by atoms with Crippen LogP contribution in [0, 0.1) is 17.8 Å². The second-order valence-electron chi connectivity index (χ2n) is 8.58. The third-order valence-electron chi connectivity index (χ3n) is 6.93. The van der Waals surface area contributed by atoms with E-state index in [1.165, 1.54) is 5.57 Å². The third kappa shape index (κ3) is 3.06. The highest BCUT2D eigenvalue weighted by atomic mass is 16.7. The first-order chi connectivity index (χ1) is 12.7. The van der Waals surface area contributed by atoms with Gasteiger partial charge < -0.3 is 29.5 Å². The Balaban J connectivity index is 1.57. The smallest absolute Gasteiger partial charge is 0.334 e. The summed E-state index contributed by atoms with van der Waals surface area (Å²) in [5.41, 5.74) is 1.10. The van der Waals surface area contributed by atoms with Crippen molar-refractivity contribution >= 4 is 5.97 Å². The molecular formula is C20H28O7. The molecular weight excluding hydrogens is 352 g/mol. The van der Waals surface area contributed by atoms with Crippen molar-refractivity contribution in [1.82, 2.24) is 0 Å². The molecule has 0 aromatic heterocycles. The molecule has 4 rings (SSSR count). The molecule has 7 nitrogen and oxygen atoms in total. The van der Waals surface area contributed by atoms with Gasteiger partial charge in [0.1, 0.15) is 24.4 Å². The topological polar surface area (TPSA) is 105 Å². The monoisotopic (exact) mass is 380 g/mol. The lowest BCUT2D eigenvalue weighted by Crippen LogP contribution is -2.56. The molecule has 0 spiro atoms. The molecule has 4 aliphatic rings. The molecule has 2 heterocycles. The molecule has 2 saturated heterocycles. The molecule has 0 bridgehead atoms. The number of allylic oxidation sites excluding steroid dienone is 1. The number of carbonyl (C=O) groups is 1. The number of fused-ring (bicyclic) bond motifs is 2. The van der Waals surface area contributed by atoms with E-state index in [2.05, 4.69) is 13.5 Å². The number of carbonyl (C=O) groups excluding carboxylic acids is 1. The first-order valence-electron chi connectivity index (χ1n) is 9.63. The number of aliphatic hydroxyl groups is 3. The Morgan fingerprint density at radius 3 is 2.74 bits per heavy atom. The van der Waals surface area contributed by atoms with Crippen LogP contribution in [0.25, 0.3) is 0 Å². The zero-order valence-corrected chi connectivity index (χ0v) is 15.7. The van der Waals surface area contributed by atoms with Gasteiger partial charge in [-0.3, -0.25) is 0 Å². The molecule has 0 aromatic rings. The van der Waals surface area contributed by atoms with E-state index in [0.29, 0.717) is 17.9 Å². The maximum atomic E-state index is 12.0. The molecule has 150 valence electrons. The van der Waals surface area contributed by atoms with E-state index in [1.54, 1.807) is 0 Å². The zero-order valence-electron chi connectivity index (χ0n) is 15.7. The van der Waals surface area contributed by atoms with E-state index in [-0.39, 0.29) is 30.5 Å². The SMILES string of the molecule is C=C1C(=O)O[C@@H]2C=C(C)[C@H]3CC[C@@](C)(O[C@@H]4OC[C@H](O)[C@H](O)[C@H]4O)[C@@H]3C[C@H]12. The summed E-state index contributed by atoms with van der Waals surface area (Å²) in [5.74, 6) is -0.0116. The van der Waals surface area contributed by atoms with Crippen molar-refractivity contribution < 1.29 is 34.3 Å². The summed E-state index contributed by atoms with van der Waals surface area (Å²) in [6.07, 6.45) is -0.557. The Morgan fingerprint density at radius 2 is 2.00 bits per heavy atom. The first-order valence-corrected chi connectivity index (χ1v) is 9.63. The fourth-order valence-corrected chi connectivity index (χ4v) is 5.22. The van der Waals surface area contributed by atoms with Gasteiger partial charge >= 0.3 is 5.97 Å². The van der Waals surface area contributed by atoms with E-state index in [0.717, 1.165) is 12.8 Å². The Bertz CT molecular complexity index is 673. The zero-order chi connectivity index (χ0) is 19.5. The molecule has 2 aliphatic heterocycles. The molecule has 27 heavy (non-hydrogen) atoms. The summed E-state index contributed by atoms with van der Waals surface area (Å²) < 4.78 is 17.2. The van der Waals surface area contributed by atoms with Crippen molar-refractivity contribution in [2.45, 2.75) is 69.4 Å². The number of esters is 1. The van der Waals surface area contributed by atoms with Crippen LogP contribution in [0.2, 0.25) is 0 Å². The molecule has 2 aliphatic carbocycles. The average Bonchev–Trinajstić information content (AvgIpc) is 3.02. The predicted molar refractivity (Wildman–Crippen MR) is 94.3 cm³/mol. The van der Waals surface area contributed by atoms with Gasteiger partial charge in [0.15, 0.2) is 6.29 Å². The number of hydrogen-bond donors (Lipinski definition) is 3. The Kier molecular flexibility index (Phi) is 4.71. The molecule has 9 atom stereocenters. The van der Waals surface area contributed by atoms with Gasteiger partial charge in [-0.25, -0.2) is 4.79 Å². The summed E-state index contributed by atoms with van der Waals surface area (Å²) in [7, 11) is 0. The summed E-state index contributed by atoms with van der Waals surface area (Å²) in [6, 6.07) is 0. The van der Waals surface area contributed by atoms with Crippen LogP contribution < -0.4 is 0 Å². The van der Waals surface area contributed by atoms with Crippen molar-refractivity contribution in [3.05, 3.63) is 23.8 Å². The van der Waals surface area contributed by atoms with E-state index >= 15 is 0 Å². The Hall–Kier alpha value is -1.25. The van der Waals surface area contributed by atoms with Gasteiger partial charge in [-0.15, -0.1) is 0 Å². The van der Waals surface area contributed by atoms with Crippen LogP contribution >= 0.6 is 0 Å². The quantitative estimate of drug-likeness (QED) is 0.367. The van der Waals surface area contributed by atoms with Crippen molar-refractivity contribution in [2.24, 2.45) is 17.8 Å². The van der Waals surface area contributed by atoms with Crippen LogP contribution in [-0.2, 0) is 19.0 Å². The second-order valence-corrected chi connectivity index (χ2v) is 8.58. The minimum atomic E-state index is -1.31. The normalized spacial score (nSPS) is 49.9. The summed E-state index contributed by atoms with van der Waals surface area (Å²) >= 11 is 0. The van der Waals surface area contributed by atoms with Crippen LogP contribution in [0.3, 0.4) is 0 Å². The Morgan fingerprint density at radius 1 is 1.26 bits per heavy atom. The van der Waals surface area contributed by atoms with Gasteiger partial charge in [0, 0.05) is 11.5 Å². The number of hydrogen-bond acceptors (Lipinski definition) is 7. The van der Waals surface area contributed by atoms with E-state index in [1.807, 2.05) is 13.0 Å². The standard InChI is InChI=1S/C20H28O7/c1-9-6-15-12(10(2)18(24)26-15)7-13-11(9)4-5-20(13,3)27-19-17(23)16(22)14(21)8-25-19/h6,11-17,19,21-23H,2,4-5,7-8H2,1,3H3/t11-,12-,13-,14+,15-,16+,17-,19+,20-/m1/s1. The van der Waals surface area contributed by atoms with Gasteiger partial charge in [-0.05, 0) is 51.0 Å². The van der Waals surface area contributed by atoms with E-state index in [4.69, 9.17) is 14.2 Å². The predicted octanol–water partition coefficient (Wildman–Crippen LogP) is 0.675. The summed E-state index contributed by atoms with van der Waals surface area (Å²) in [6.45, 7) is 7.90. The van der Waals surface area contributed by atoms with Crippen LogP contribution in [0.15, 0.2) is 23.8 Å². The highest BCUT2D eigenvalue weighted by Gasteiger charge is 2.54. The van der Waals surface area contributed by atoms with Crippen LogP contribution in [0.5, 0.6) is 0 Å². The Labute approximate surface area is 158 Å². The lowest BCUT2D eigenvalue weighted by Gasteiger charge is -2.42. The van der Waals surface area contributed by atoms with E-state index in [9.17, 15) is 20.1 Å². The second kappa shape index (κ2) is 6.67. The number of aliphatic hydroxyl groups excluding tert-OH is 3. The van der Waals surface area contributed by atoms with Crippen LogP contribution in [0.4, 0.5) is 0 Å². The molecule has 0 unspecified atom stereocenters. The van der Waals surface area contributed by atoms with Crippen molar-refractivity contribution in [2.75, 3.05) is 6.61 Å². The van der Waals surface area contributed by atoms with E-state index < -0.39 is 30.2 Å². The maximum Gasteiger partial charge on any atom is 0.334 e. The fraction of sp³-hybridized carbons (Fsp3) is 0.750. The van der Waals surface area contributed by atoms with Gasteiger partial charge in [0.25, 0.3) is 0 Å². The average molecular weight is 380 g/mol. The highest BCUT2D eigenvalue weighted by Crippen LogP contribution is 2.53. The first kappa shape index (κ1) is 19.1. The number of ether oxygens (including phenoxy) is 3. The highest BCUT2D eigenvalue weighted by molar-refractivity contribution is 5.91. The van der Waals surface area contributed by atoms with Crippen molar-refractivity contribution in [1.29, 1.82) is 0 Å². The van der Waals surface area contributed by atoms with Crippen molar-refractivity contribution in [3.8, 4) is 0 Å². The summed E-state index contributed by atoms with van der Waals surface area (Å²) in [4.78, 5) is 12.0. The minimum Gasteiger partial charge on any atom is -0.454 e. The van der Waals surface area contributed by atoms with Gasteiger partial charge in [-0.1, -0.05) is 12.2 Å². The van der Waals surface area contributed by atoms with Gasteiger partial charge in [0.05, 0.1) is 12.2 Å². The van der Waals surface area contributed by atoms with Crippen LogP contribution in [-0.4, -0.2) is 64.2 Å². The molecule has 0 radical (unpaired) electrons. The molecule has 0 amide bonds. The third-order valence-corrected chi connectivity index (χ3v) is 6.93. The van der Waals surface area contributed by atoms with Crippen LogP contribution in [0.1, 0.15) is 33.1 Å². The molecule has 0 aromatic carbocycles. The molecule has 1 saturated carbocycles. The number of rotatable bonds is 2. The lowest BCUT2D eigenvalue weighted by atomic mass is 9.78. The molecule has 7 heteroatoms. The largest absolute Gasteiger partial charge is 0.454 e. The van der Waals surface area contributed by atoms with Crippen molar-refractivity contribution in [3.63, 3.8) is 0 Å². The van der Waals surface area contributed by atoms with Gasteiger partial charge in [-0.2, -0.15) is 0 Å². The van der Waals surface area contributed by atoms with Gasteiger partial charge in [0.2, 0.25) is 0 Å². The minimum absolute atomic E-state index is 0.0758. The summed E-state index contributed by atoms with van der Waals surface area (Å²) in [5, 5.41) is 29.9. The fourth-order valence-electron chi connectivity index (χ4n) is 5.22. The lowest BCUT2D eigenvalue weighted by molar-refractivity contribution is -0.304. The molecule has 3 N–H and O–H groups in total.